The number of fused-ring (bicyclic) bond motifs is 1. The van der Waals surface area contributed by atoms with Gasteiger partial charge >= 0.3 is 0 Å². The van der Waals surface area contributed by atoms with E-state index in [0.717, 1.165) is 27.9 Å². The molecule has 2 heterocycles. The first-order valence-electron chi connectivity index (χ1n) is 5.93. The second-order valence-electron chi connectivity index (χ2n) is 4.56. The predicted octanol–water partition coefficient (Wildman–Crippen LogP) is 3.38. The Morgan fingerprint density at radius 1 is 1.41 bits per heavy atom. The van der Waals surface area contributed by atoms with Crippen LogP contribution in [0.15, 0.2) is 28.9 Å². The van der Waals surface area contributed by atoms with Crippen LogP contribution in [-0.4, -0.2) is 22.6 Å². The van der Waals surface area contributed by atoms with Crippen LogP contribution in [0, 0.1) is 0 Å². The topological polar surface area (TPSA) is 29.0 Å². The molecule has 3 rings (SSSR count). The molecule has 3 nitrogen and oxygen atoms in total. The van der Waals surface area contributed by atoms with Crippen LogP contribution in [0.1, 0.15) is 19.8 Å². The summed E-state index contributed by atoms with van der Waals surface area (Å²) >= 11 is 3.46. The fourth-order valence-corrected chi connectivity index (χ4v) is 2.74. The molecular formula is C13H14BrN3. The molecule has 0 N–H and O–H groups in total. The predicted molar refractivity (Wildman–Crippen MR) is 73.3 cm³/mol. The lowest BCUT2D eigenvalue weighted by Crippen LogP contribution is -2.28. The van der Waals surface area contributed by atoms with Crippen LogP contribution in [0.3, 0.4) is 0 Å². The molecule has 0 bridgehead atoms. The van der Waals surface area contributed by atoms with E-state index >= 15 is 0 Å². The summed E-state index contributed by atoms with van der Waals surface area (Å²) in [6.07, 6.45) is 4.39. The fourth-order valence-electron chi connectivity index (χ4n) is 2.36. The Morgan fingerprint density at radius 3 is 3.06 bits per heavy atom. The Hall–Kier alpha value is -1.16. The monoisotopic (exact) mass is 291 g/mol. The second kappa shape index (κ2) is 4.26. The average molecular weight is 292 g/mol. The van der Waals surface area contributed by atoms with Crippen molar-refractivity contribution in [1.82, 2.24) is 9.97 Å². The fraction of sp³-hybridized carbons (Fsp3) is 0.385. The molecule has 4 heteroatoms. The standard InChI is InChI=1S/C13H14BrN3/c1-9-3-2-6-17(9)13-15-8-10-7-11(14)4-5-12(10)16-13/h4-5,7-9H,2-3,6H2,1H3. The first-order chi connectivity index (χ1) is 8.24. The van der Waals surface area contributed by atoms with Crippen LogP contribution < -0.4 is 4.90 Å². The van der Waals surface area contributed by atoms with E-state index in [4.69, 9.17) is 0 Å². The van der Waals surface area contributed by atoms with Crippen LogP contribution in [0.2, 0.25) is 0 Å². The summed E-state index contributed by atoms with van der Waals surface area (Å²) in [4.78, 5) is 11.4. The van der Waals surface area contributed by atoms with Gasteiger partial charge in [0.2, 0.25) is 5.95 Å². The lowest BCUT2D eigenvalue weighted by atomic mass is 10.2. The van der Waals surface area contributed by atoms with Gasteiger partial charge < -0.3 is 4.90 Å². The Kier molecular flexibility index (Phi) is 2.74. The van der Waals surface area contributed by atoms with Crippen molar-refractivity contribution in [2.45, 2.75) is 25.8 Å². The molecule has 0 aliphatic carbocycles. The average Bonchev–Trinajstić information content (AvgIpc) is 2.75. The van der Waals surface area contributed by atoms with E-state index in [1.54, 1.807) is 0 Å². The molecular weight excluding hydrogens is 278 g/mol. The van der Waals surface area contributed by atoms with Crippen LogP contribution in [0.25, 0.3) is 10.9 Å². The first-order valence-corrected chi connectivity index (χ1v) is 6.72. The Balaban J connectivity index is 2.04. The number of aromatic nitrogens is 2. The molecule has 0 radical (unpaired) electrons. The number of hydrogen-bond acceptors (Lipinski definition) is 3. The minimum Gasteiger partial charge on any atom is -0.338 e. The Bertz CT molecular complexity index is 555. The number of nitrogens with zero attached hydrogens (tertiary/aromatic N) is 3. The highest BCUT2D eigenvalue weighted by Crippen LogP contribution is 2.24. The molecule has 0 saturated carbocycles. The molecule has 0 amide bonds. The number of benzene rings is 1. The van der Waals surface area contributed by atoms with Gasteiger partial charge in [-0.3, -0.25) is 0 Å². The maximum atomic E-state index is 4.64. The molecule has 1 aliphatic rings. The smallest absolute Gasteiger partial charge is 0.226 e. The Labute approximate surface area is 109 Å². The van der Waals surface area contributed by atoms with Crippen molar-refractivity contribution in [1.29, 1.82) is 0 Å². The Morgan fingerprint density at radius 2 is 2.29 bits per heavy atom. The van der Waals surface area contributed by atoms with Crippen molar-refractivity contribution in [3.8, 4) is 0 Å². The maximum Gasteiger partial charge on any atom is 0.226 e. The van der Waals surface area contributed by atoms with E-state index in [-0.39, 0.29) is 0 Å². The first kappa shape index (κ1) is 11.0. The van der Waals surface area contributed by atoms with Crippen molar-refractivity contribution in [3.05, 3.63) is 28.9 Å². The largest absolute Gasteiger partial charge is 0.338 e. The number of rotatable bonds is 1. The number of anilines is 1. The van der Waals surface area contributed by atoms with Crippen LogP contribution >= 0.6 is 15.9 Å². The quantitative estimate of drug-likeness (QED) is 0.807. The minimum absolute atomic E-state index is 0.558. The molecule has 1 atom stereocenters. The van der Waals surface area contributed by atoms with E-state index in [1.165, 1.54) is 12.8 Å². The SMILES string of the molecule is CC1CCCN1c1ncc2cc(Br)ccc2n1. The third kappa shape index (κ3) is 2.02. The zero-order valence-electron chi connectivity index (χ0n) is 9.73. The summed E-state index contributed by atoms with van der Waals surface area (Å²) in [7, 11) is 0. The highest BCUT2D eigenvalue weighted by Gasteiger charge is 2.22. The number of halogens is 1. The summed E-state index contributed by atoms with van der Waals surface area (Å²) in [6.45, 7) is 3.31. The van der Waals surface area contributed by atoms with Gasteiger partial charge in [0.1, 0.15) is 0 Å². The summed E-state index contributed by atoms with van der Waals surface area (Å²) in [5.41, 5.74) is 1.01. The maximum absolute atomic E-state index is 4.64. The lowest BCUT2D eigenvalue weighted by molar-refractivity contribution is 0.719. The highest BCUT2D eigenvalue weighted by molar-refractivity contribution is 9.10. The normalized spacial score (nSPS) is 20.1. The summed E-state index contributed by atoms with van der Waals surface area (Å²) in [5, 5.41) is 1.08. The van der Waals surface area contributed by atoms with Gasteiger partial charge in [-0.15, -0.1) is 0 Å². The zero-order valence-corrected chi connectivity index (χ0v) is 11.3. The summed E-state index contributed by atoms with van der Waals surface area (Å²) in [6, 6.07) is 6.66. The van der Waals surface area contributed by atoms with Gasteiger partial charge in [0.05, 0.1) is 5.52 Å². The van der Waals surface area contributed by atoms with Crippen LogP contribution in [0.5, 0.6) is 0 Å². The molecule has 1 saturated heterocycles. The molecule has 1 unspecified atom stereocenters. The van der Waals surface area contributed by atoms with Crippen molar-refractivity contribution in [2.75, 3.05) is 11.4 Å². The third-order valence-corrected chi connectivity index (χ3v) is 3.83. The van der Waals surface area contributed by atoms with E-state index in [9.17, 15) is 0 Å². The molecule has 1 fully saturated rings. The molecule has 1 aliphatic heterocycles. The van der Waals surface area contributed by atoms with E-state index in [0.29, 0.717) is 6.04 Å². The van der Waals surface area contributed by atoms with Crippen molar-refractivity contribution >= 4 is 32.8 Å². The molecule has 17 heavy (non-hydrogen) atoms. The van der Waals surface area contributed by atoms with Crippen molar-refractivity contribution in [2.24, 2.45) is 0 Å². The molecule has 88 valence electrons. The summed E-state index contributed by atoms with van der Waals surface area (Å²) < 4.78 is 1.07. The van der Waals surface area contributed by atoms with E-state index in [2.05, 4.69) is 37.7 Å². The molecule has 0 spiro atoms. The second-order valence-corrected chi connectivity index (χ2v) is 5.47. The van der Waals surface area contributed by atoms with Crippen molar-refractivity contribution in [3.63, 3.8) is 0 Å². The van der Waals surface area contributed by atoms with Gasteiger partial charge in [-0.05, 0) is 38.0 Å². The van der Waals surface area contributed by atoms with Gasteiger partial charge in [-0.2, -0.15) is 0 Å². The van der Waals surface area contributed by atoms with Gasteiger partial charge in [0, 0.05) is 28.6 Å². The van der Waals surface area contributed by atoms with Gasteiger partial charge in [0.25, 0.3) is 0 Å². The van der Waals surface area contributed by atoms with Crippen LogP contribution in [0.4, 0.5) is 5.95 Å². The summed E-state index contributed by atoms with van der Waals surface area (Å²) in [5.74, 6) is 0.866. The number of hydrogen-bond donors (Lipinski definition) is 0. The van der Waals surface area contributed by atoms with Gasteiger partial charge in [0.15, 0.2) is 0 Å². The van der Waals surface area contributed by atoms with E-state index in [1.807, 2.05) is 24.4 Å². The molecule has 2 aromatic rings. The third-order valence-electron chi connectivity index (χ3n) is 3.34. The highest BCUT2D eigenvalue weighted by atomic mass is 79.9. The minimum atomic E-state index is 0.558. The van der Waals surface area contributed by atoms with Gasteiger partial charge in [-0.1, -0.05) is 15.9 Å². The molecule has 1 aromatic heterocycles. The van der Waals surface area contributed by atoms with E-state index < -0.39 is 0 Å². The zero-order chi connectivity index (χ0) is 11.8. The lowest BCUT2D eigenvalue weighted by Gasteiger charge is -2.21. The van der Waals surface area contributed by atoms with Gasteiger partial charge in [-0.25, -0.2) is 9.97 Å². The van der Waals surface area contributed by atoms with Crippen molar-refractivity contribution < 1.29 is 0 Å². The van der Waals surface area contributed by atoms with Crippen LogP contribution in [-0.2, 0) is 0 Å². The molecule has 1 aromatic carbocycles.